The summed E-state index contributed by atoms with van der Waals surface area (Å²) in [6, 6.07) is 12.7. The minimum absolute atomic E-state index is 0. The Morgan fingerprint density at radius 3 is 2.43 bits per heavy atom. The maximum absolute atomic E-state index is 12.6. The van der Waals surface area contributed by atoms with Crippen molar-refractivity contribution in [1.82, 2.24) is 10.6 Å². The molecule has 0 spiro atoms. The van der Waals surface area contributed by atoms with Crippen molar-refractivity contribution in [2.45, 2.75) is 33.4 Å². The lowest BCUT2D eigenvalue weighted by Gasteiger charge is -2.15. The molecule has 30 heavy (non-hydrogen) atoms. The first kappa shape index (κ1) is 25.6. The van der Waals surface area contributed by atoms with Gasteiger partial charge in [0.25, 0.3) is 0 Å². The fourth-order valence-corrected chi connectivity index (χ4v) is 2.74. The van der Waals surface area contributed by atoms with E-state index in [1.165, 1.54) is 6.92 Å². The molecule has 0 radical (unpaired) electrons. The van der Waals surface area contributed by atoms with Gasteiger partial charge in [0, 0.05) is 38.3 Å². The Labute approximate surface area is 192 Å². The Morgan fingerprint density at radius 2 is 1.83 bits per heavy atom. The van der Waals surface area contributed by atoms with Crippen molar-refractivity contribution in [2.24, 2.45) is 4.99 Å². The molecule has 9 heteroatoms. The summed E-state index contributed by atoms with van der Waals surface area (Å²) in [6.07, 6.45) is 0.755. The number of hydrogen-bond acceptors (Lipinski definition) is 3. The molecule has 0 atom stereocenters. The zero-order valence-electron chi connectivity index (χ0n) is 17.2. The first-order valence-electron chi connectivity index (χ1n) is 9.22. The van der Waals surface area contributed by atoms with E-state index < -0.39 is 6.61 Å². The minimum atomic E-state index is -2.87. The van der Waals surface area contributed by atoms with Gasteiger partial charge >= 0.3 is 6.61 Å². The van der Waals surface area contributed by atoms with E-state index in [0.29, 0.717) is 24.6 Å². The fraction of sp³-hybridized carbons (Fsp3) is 0.333. The molecule has 0 aliphatic heterocycles. The third-order valence-electron chi connectivity index (χ3n) is 4.08. The lowest BCUT2D eigenvalue weighted by Crippen LogP contribution is -2.38. The van der Waals surface area contributed by atoms with E-state index in [2.05, 4.69) is 25.7 Å². The number of halogens is 3. The summed E-state index contributed by atoms with van der Waals surface area (Å²) in [5, 5.41) is 9.03. The highest BCUT2D eigenvalue weighted by Crippen LogP contribution is 2.22. The Bertz CT molecular complexity index is 845. The van der Waals surface area contributed by atoms with Crippen LogP contribution in [0.1, 0.15) is 23.6 Å². The van der Waals surface area contributed by atoms with E-state index in [-0.39, 0.29) is 35.6 Å². The van der Waals surface area contributed by atoms with Gasteiger partial charge in [-0.05, 0) is 37.1 Å². The Balaban J connectivity index is 0.00000450. The lowest BCUT2D eigenvalue weighted by molar-refractivity contribution is -0.114. The monoisotopic (exact) mass is 532 g/mol. The molecule has 0 heterocycles. The number of ether oxygens (including phenoxy) is 1. The van der Waals surface area contributed by atoms with Crippen molar-refractivity contribution in [3.63, 3.8) is 0 Å². The van der Waals surface area contributed by atoms with Crippen LogP contribution >= 0.6 is 24.0 Å². The summed E-state index contributed by atoms with van der Waals surface area (Å²) in [7, 11) is 1.64. The molecule has 6 nitrogen and oxygen atoms in total. The summed E-state index contributed by atoms with van der Waals surface area (Å²) in [4.78, 5) is 15.2. The summed E-state index contributed by atoms with van der Waals surface area (Å²) >= 11 is 0. The fourth-order valence-electron chi connectivity index (χ4n) is 2.74. The highest BCUT2D eigenvalue weighted by molar-refractivity contribution is 14.0. The molecule has 0 aliphatic rings. The number of nitrogens with zero attached hydrogens (tertiary/aromatic N) is 1. The van der Waals surface area contributed by atoms with Crippen molar-refractivity contribution in [3.8, 4) is 5.75 Å². The predicted octanol–water partition coefficient (Wildman–Crippen LogP) is 4.08. The van der Waals surface area contributed by atoms with Crippen molar-refractivity contribution in [2.75, 3.05) is 18.9 Å². The van der Waals surface area contributed by atoms with Crippen LogP contribution in [0.2, 0.25) is 0 Å². The van der Waals surface area contributed by atoms with E-state index in [4.69, 9.17) is 0 Å². The van der Waals surface area contributed by atoms with Gasteiger partial charge in [-0.1, -0.05) is 29.8 Å². The van der Waals surface area contributed by atoms with E-state index in [9.17, 15) is 13.6 Å². The summed E-state index contributed by atoms with van der Waals surface area (Å²) in [5.74, 6) is 0.599. The van der Waals surface area contributed by atoms with Crippen LogP contribution in [-0.4, -0.2) is 32.1 Å². The molecule has 0 saturated heterocycles. The molecule has 0 bridgehead atoms. The second-order valence-electron chi connectivity index (χ2n) is 6.47. The van der Waals surface area contributed by atoms with Gasteiger partial charge in [0.15, 0.2) is 5.96 Å². The average molecular weight is 532 g/mol. The molecule has 0 aromatic heterocycles. The summed E-state index contributed by atoms with van der Waals surface area (Å²) in [6.45, 7) is 1.42. The van der Waals surface area contributed by atoms with Crippen LogP contribution in [0.15, 0.2) is 47.5 Å². The largest absolute Gasteiger partial charge is 0.434 e. The molecule has 2 aromatic rings. The van der Waals surface area contributed by atoms with Crippen LogP contribution in [-0.2, 0) is 17.8 Å². The van der Waals surface area contributed by atoms with Crippen LogP contribution in [0, 0.1) is 6.92 Å². The van der Waals surface area contributed by atoms with Crippen molar-refractivity contribution in [1.29, 1.82) is 0 Å². The van der Waals surface area contributed by atoms with Crippen LogP contribution < -0.4 is 20.7 Å². The number of amides is 1. The molecule has 164 valence electrons. The molecule has 0 saturated carbocycles. The second-order valence-corrected chi connectivity index (χ2v) is 6.47. The quantitative estimate of drug-likeness (QED) is 0.272. The SMILES string of the molecule is CN=C(NCCc1ccc(NC(C)=O)cc1)NCc1cc(C)ccc1OC(F)F.I. The molecule has 2 rings (SSSR count). The Hall–Kier alpha value is -2.43. The third-order valence-corrected chi connectivity index (χ3v) is 4.08. The molecule has 0 unspecified atom stereocenters. The molecule has 3 N–H and O–H groups in total. The molecule has 1 amide bonds. The maximum atomic E-state index is 12.6. The van der Waals surface area contributed by atoms with Gasteiger partial charge in [0.1, 0.15) is 5.75 Å². The van der Waals surface area contributed by atoms with Gasteiger partial charge < -0.3 is 20.7 Å². The zero-order chi connectivity index (χ0) is 21.2. The van der Waals surface area contributed by atoms with E-state index >= 15 is 0 Å². The van der Waals surface area contributed by atoms with Gasteiger partial charge in [-0.3, -0.25) is 9.79 Å². The summed E-state index contributed by atoms with van der Waals surface area (Å²) < 4.78 is 29.7. The Kier molecular flexibility index (Phi) is 11.1. The van der Waals surface area contributed by atoms with Crippen molar-refractivity contribution in [3.05, 3.63) is 59.2 Å². The molecule has 0 aliphatic carbocycles. The maximum Gasteiger partial charge on any atom is 0.387 e. The van der Waals surface area contributed by atoms with Gasteiger partial charge in [-0.25, -0.2) is 0 Å². The first-order valence-corrected chi connectivity index (χ1v) is 9.22. The highest BCUT2D eigenvalue weighted by atomic mass is 127. The standard InChI is InChI=1S/C21H26F2N4O2.HI/c1-14-4-9-19(29-20(22)23)17(12-14)13-26-21(24-3)25-11-10-16-5-7-18(8-6-16)27-15(2)28;/h4-9,12,20H,10-11,13H2,1-3H3,(H,27,28)(H2,24,25,26);1H. The topological polar surface area (TPSA) is 74.8 Å². The van der Waals surface area contributed by atoms with Crippen LogP contribution in [0.5, 0.6) is 5.75 Å². The number of alkyl halides is 2. The number of hydrogen-bond donors (Lipinski definition) is 3. The van der Waals surface area contributed by atoms with Gasteiger partial charge in [0.05, 0.1) is 0 Å². The van der Waals surface area contributed by atoms with Gasteiger partial charge in [0.2, 0.25) is 5.91 Å². The Morgan fingerprint density at radius 1 is 1.13 bits per heavy atom. The number of anilines is 1. The van der Waals surface area contributed by atoms with E-state index in [1.807, 2.05) is 31.2 Å². The number of carbonyl (C=O) groups excluding carboxylic acids is 1. The van der Waals surface area contributed by atoms with Crippen LogP contribution in [0.3, 0.4) is 0 Å². The van der Waals surface area contributed by atoms with Crippen molar-refractivity contribution >= 4 is 41.5 Å². The molecule has 0 fully saturated rings. The number of guanidine groups is 1. The van der Waals surface area contributed by atoms with Crippen LogP contribution in [0.25, 0.3) is 0 Å². The number of benzene rings is 2. The molecular weight excluding hydrogens is 505 g/mol. The van der Waals surface area contributed by atoms with Gasteiger partial charge in [-0.15, -0.1) is 24.0 Å². The number of aliphatic imine (C=N–C) groups is 1. The second kappa shape index (κ2) is 13.0. The minimum Gasteiger partial charge on any atom is -0.434 e. The molecular formula is C21H27F2IN4O2. The van der Waals surface area contributed by atoms with Gasteiger partial charge in [-0.2, -0.15) is 8.78 Å². The smallest absolute Gasteiger partial charge is 0.387 e. The first-order chi connectivity index (χ1) is 13.9. The number of aryl methyl sites for hydroxylation is 1. The number of carbonyl (C=O) groups is 1. The predicted molar refractivity (Wildman–Crippen MR) is 126 cm³/mol. The van der Waals surface area contributed by atoms with E-state index in [1.54, 1.807) is 25.2 Å². The van der Waals surface area contributed by atoms with Crippen LogP contribution in [0.4, 0.5) is 14.5 Å². The summed E-state index contributed by atoms with van der Waals surface area (Å²) in [5.41, 5.74) is 3.44. The zero-order valence-corrected chi connectivity index (χ0v) is 19.5. The number of nitrogens with one attached hydrogen (secondary N) is 3. The average Bonchev–Trinajstić information content (AvgIpc) is 2.67. The normalized spacial score (nSPS) is 10.9. The van der Waals surface area contributed by atoms with E-state index in [0.717, 1.165) is 23.2 Å². The third kappa shape index (κ3) is 8.93. The highest BCUT2D eigenvalue weighted by Gasteiger charge is 2.10. The van der Waals surface area contributed by atoms with Crippen molar-refractivity contribution < 1.29 is 18.3 Å². The lowest BCUT2D eigenvalue weighted by atomic mass is 10.1. The molecule has 2 aromatic carbocycles. The number of rotatable bonds is 8.